The lowest BCUT2D eigenvalue weighted by Crippen LogP contribution is -2.27. The molecule has 1 amide bonds. The van der Waals surface area contributed by atoms with Gasteiger partial charge in [-0.05, 0) is 38.3 Å². The first-order chi connectivity index (χ1) is 12.7. The summed E-state index contributed by atoms with van der Waals surface area (Å²) in [6, 6.07) is 9.68. The van der Waals surface area contributed by atoms with E-state index in [2.05, 4.69) is 10.3 Å². The van der Waals surface area contributed by atoms with Crippen LogP contribution in [0.1, 0.15) is 30.7 Å². The molecule has 1 aliphatic heterocycles. The molecule has 140 valence electrons. The van der Waals surface area contributed by atoms with E-state index in [0.29, 0.717) is 37.1 Å². The van der Waals surface area contributed by atoms with Gasteiger partial charge in [-0.3, -0.25) is 4.79 Å². The Kier molecular flexibility index (Phi) is 6.80. The Morgan fingerprint density at radius 1 is 1.35 bits per heavy atom. The van der Waals surface area contributed by atoms with Gasteiger partial charge >= 0.3 is 0 Å². The van der Waals surface area contributed by atoms with Gasteiger partial charge in [-0.15, -0.1) is 0 Å². The summed E-state index contributed by atoms with van der Waals surface area (Å²) >= 11 is 0. The van der Waals surface area contributed by atoms with Crippen molar-refractivity contribution >= 4 is 5.91 Å². The first-order valence-corrected chi connectivity index (χ1v) is 9.20. The number of carbonyl (C=O) groups is 1. The fourth-order valence-corrected chi connectivity index (χ4v) is 2.90. The van der Waals surface area contributed by atoms with Crippen molar-refractivity contribution in [3.8, 4) is 11.5 Å². The lowest BCUT2D eigenvalue weighted by Gasteiger charge is -2.10. The molecule has 0 bridgehead atoms. The van der Waals surface area contributed by atoms with E-state index >= 15 is 0 Å². The highest BCUT2D eigenvalue weighted by molar-refractivity contribution is 5.78. The number of oxazole rings is 1. The van der Waals surface area contributed by atoms with Crippen LogP contribution in [0.4, 0.5) is 0 Å². The Hall–Kier alpha value is -2.18. The summed E-state index contributed by atoms with van der Waals surface area (Å²) < 4.78 is 16.8. The normalized spacial score (nSPS) is 16.7. The number of aromatic nitrogens is 1. The number of hydrogen-bond acceptors (Lipinski definition) is 5. The summed E-state index contributed by atoms with van der Waals surface area (Å²) in [5.74, 6) is 1.17. The number of aryl methyl sites for hydroxylation is 1. The molecule has 6 nitrogen and oxygen atoms in total. The van der Waals surface area contributed by atoms with E-state index in [4.69, 9.17) is 13.9 Å². The average molecular weight is 358 g/mol. The summed E-state index contributed by atoms with van der Waals surface area (Å²) in [6.45, 7) is 4.54. The Bertz CT molecular complexity index is 693. The van der Waals surface area contributed by atoms with Gasteiger partial charge in [-0.2, -0.15) is 0 Å². The largest absolute Gasteiger partial charge is 0.441 e. The zero-order valence-corrected chi connectivity index (χ0v) is 15.2. The minimum absolute atomic E-state index is 0.0554. The van der Waals surface area contributed by atoms with Crippen molar-refractivity contribution < 1.29 is 18.7 Å². The van der Waals surface area contributed by atoms with E-state index in [0.717, 1.165) is 31.4 Å². The van der Waals surface area contributed by atoms with Crippen LogP contribution in [0.3, 0.4) is 0 Å². The van der Waals surface area contributed by atoms with E-state index < -0.39 is 0 Å². The monoisotopic (exact) mass is 358 g/mol. The summed E-state index contributed by atoms with van der Waals surface area (Å²) in [5.41, 5.74) is 1.58. The van der Waals surface area contributed by atoms with Crippen molar-refractivity contribution in [3.63, 3.8) is 0 Å². The van der Waals surface area contributed by atoms with Crippen LogP contribution in [-0.4, -0.2) is 43.4 Å². The second-order valence-electron chi connectivity index (χ2n) is 6.48. The van der Waals surface area contributed by atoms with E-state index in [9.17, 15) is 4.79 Å². The highest BCUT2D eigenvalue weighted by Crippen LogP contribution is 2.21. The summed E-state index contributed by atoms with van der Waals surface area (Å²) in [4.78, 5) is 16.6. The maximum atomic E-state index is 12.1. The Morgan fingerprint density at radius 2 is 2.19 bits per heavy atom. The SMILES string of the molecule is Cc1oc(-c2ccccc2)nc1CC(=O)NCCCOCC1CCCO1. The predicted octanol–water partition coefficient (Wildman–Crippen LogP) is 2.89. The Morgan fingerprint density at radius 3 is 2.96 bits per heavy atom. The number of nitrogens with zero attached hydrogens (tertiary/aromatic N) is 1. The molecule has 1 unspecified atom stereocenters. The van der Waals surface area contributed by atoms with Crippen LogP contribution in [-0.2, 0) is 20.7 Å². The maximum Gasteiger partial charge on any atom is 0.226 e. The number of rotatable bonds is 9. The van der Waals surface area contributed by atoms with Crippen LogP contribution in [0, 0.1) is 6.92 Å². The molecule has 0 spiro atoms. The van der Waals surface area contributed by atoms with E-state index in [1.54, 1.807) is 0 Å². The Balaban J connectivity index is 1.36. The number of hydrogen-bond donors (Lipinski definition) is 1. The third kappa shape index (κ3) is 5.41. The van der Waals surface area contributed by atoms with E-state index in [1.165, 1.54) is 0 Å². The van der Waals surface area contributed by atoms with Crippen LogP contribution >= 0.6 is 0 Å². The molecule has 1 atom stereocenters. The molecule has 1 aromatic heterocycles. The van der Waals surface area contributed by atoms with Gasteiger partial charge in [0, 0.05) is 25.3 Å². The summed E-state index contributed by atoms with van der Waals surface area (Å²) in [5, 5.41) is 2.90. The molecule has 1 saturated heterocycles. The zero-order chi connectivity index (χ0) is 18.2. The third-order valence-electron chi connectivity index (χ3n) is 4.36. The third-order valence-corrected chi connectivity index (χ3v) is 4.36. The molecular formula is C20H26N2O4. The molecule has 0 saturated carbocycles. The van der Waals surface area contributed by atoms with Crippen molar-refractivity contribution in [2.75, 3.05) is 26.4 Å². The zero-order valence-electron chi connectivity index (χ0n) is 15.2. The number of ether oxygens (including phenoxy) is 2. The van der Waals surface area contributed by atoms with Gasteiger partial charge in [0.1, 0.15) is 5.76 Å². The first-order valence-electron chi connectivity index (χ1n) is 9.20. The lowest BCUT2D eigenvalue weighted by molar-refractivity contribution is -0.120. The minimum Gasteiger partial charge on any atom is -0.441 e. The van der Waals surface area contributed by atoms with Gasteiger partial charge in [-0.1, -0.05) is 18.2 Å². The number of amides is 1. The highest BCUT2D eigenvalue weighted by atomic mass is 16.5. The molecule has 26 heavy (non-hydrogen) atoms. The molecule has 1 aromatic carbocycles. The topological polar surface area (TPSA) is 73.6 Å². The second-order valence-corrected chi connectivity index (χ2v) is 6.48. The van der Waals surface area contributed by atoms with Crippen molar-refractivity contribution in [2.24, 2.45) is 0 Å². The second kappa shape index (κ2) is 9.50. The maximum absolute atomic E-state index is 12.1. The molecule has 2 aromatic rings. The molecule has 0 aliphatic carbocycles. The van der Waals surface area contributed by atoms with Crippen LogP contribution in [0.25, 0.3) is 11.5 Å². The van der Waals surface area contributed by atoms with Crippen LogP contribution in [0.2, 0.25) is 0 Å². The molecule has 0 radical (unpaired) electrons. The van der Waals surface area contributed by atoms with Crippen LogP contribution in [0.5, 0.6) is 0 Å². The number of nitrogens with one attached hydrogen (secondary N) is 1. The van der Waals surface area contributed by atoms with E-state index in [1.807, 2.05) is 37.3 Å². The van der Waals surface area contributed by atoms with Crippen LogP contribution in [0.15, 0.2) is 34.7 Å². The first kappa shape index (κ1) is 18.6. The smallest absolute Gasteiger partial charge is 0.226 e. The molecule has 2 heterocycles. The fourth-order valence-electron chi connectivity index (χ4n) is 2.90. The highest BCUT2D eigenvalue weighted by Gasteiger charge is 2.16. The minimum atomic E-state index is -0.0554. The summed E-state index contributed by atoms with van der Waals surface area (Å²) in [6.07, 6.45) is 3.46. The van der Waals surface area contributed by atoms with Gasteiger partial charge in [-0.25, -0.2) is 4.98 Å². The van der Waals surface area contributed by atoms with Gasteiger partial charge in [0.15, 0.2) is 0 Å². The lowest BCUT2D eigenvalue weighted by atomic mass is 10.2. The fraction of sp³-hybridized carbons (Fsp3) is 0.500. The van der Waals surface area contributed by atoms with Crippen molar-refractivity contribution in [2.45, 2.75) is 38.7 Å². The predicted molar refractivity (Wildman–Crippen MR) is 97.8 cm³/mol. The molecule has 1 N–H and O–H groups in total. The van der Waals surface area contributed by atoms with Crippen LogP contribution < -0.4 is 5.32 Å². The van der Waals surface area contributed by atoms with Gasteiger partial charge in [0.25, 0.3) is 0 Å². The molecular weight excluding hydrogens is 332 g/mol. The molecule has 1 fully saturated rings. The average Bonchev–Trinajstić information content (AvgIpc) is 3.29. The quantitative estimate of drug-likeness (QED) is 0.698. The van der Waals surface area contributed by atoms with Gasteiger partial charge in [0.05, 0.1) is 24.8 Å². The molecule has 1 aliphatic rings. The molecule has 3 rings (SSSR count). The van der Waals surface area contributed by atoms with Crippen molar-refractivity contribution in [3.05, 3.63) is 41.8 Å². The number of carbonyl (C=O) groups excluding carboxylic acids is 1. The van der Waals surface area contributed by atoms with E-state index in [-0.39, 0.29) is 18.4 Å². The van der Waals surface area contributed by atoms with Crippen molar-refractivity contribution in [1.29, 1.82) is 0 Å². The van der Waals surface area contributed by atoms with Crippen molar-refractivity contribution in [1.82, 2.24) is 10.3 Å². The standard InChI is InChI=1S/C20H26N2O4/c1-15-18(22-20(26-15)16-7-3-2-4-8-16)13-19(23)21-10-6-11-24-14-17-9-5-12-25-17/h2-4,7-8,17H,5-6,9-14H2,1H3,(H,21,23). The summed E-state index contributed by atoms with van der Waals surface area (Å²) in [7, 11) is 0. The van der Waals surface area contributed by atoms with Gasteiger partial charge < -0.3 is 19.2 Å². The Labute approximate surface area is 153 Å². The van der Waals surface area contributed by atoms with Gasteiger partial charge in [0.2, 0.25) is 11.8 Å². The number of benzene rings is 1. The molecule has 6 heteroatoms.